The summed E-state index contributed by atoms with van der Waals surface area (Å²) in [5.74, 6) is 0.856. The number of amides is 2. The van der Waals surface area contributed by atoms with E-state index in [1.807, 2.05) is 46.2 Å². The van der Waals surface area contributed by atoms with Crippen molar-refractivity contribution in [2.75, 3.05) is 0 Å². The van der Waals surface area contributed by atoms with Crippen LogP contribution in [0.5, 0.6) is 0 Å². The van der Waals surface area contributed by atoms with Gasteiger partial charge in [0.2, 0.25) is 0 Å². The van der Waals surface area contributed by atoms with Crippen LogP contribution in [0.15, 0.2) is 35.8 Å². The van der Waals surface area contributed by atoms with E-state index in [-0.39, 0.29) is 6.03 Å². The fraction of sp³-hybridized carbons (Fsp3) is 0.353. The molecule has 0 atom stereocenters. The normalized spacial score (nSPS) is 14.0. The number of imidazole rings is 1. The van der Waals surface area contributed by atoms with Gasteiger partial charge in [-0.25, -0.2) is 14.8 Å². The average molecular weight is 341 g/mol. The van der Waals surface area contributed by atoms with E-state index in [4.69, 9.17) is 0 Å². The standard InChI is InChI=1S/C17H19N5OS/c1-21-14-5-3-2-4-13(14)20-15(21)10-19-17(23)22(12-6-7-12)11-16-18-8-9-24-16/h2-5,8-9,12H,6-7,10-11H2,1H3,(H,19,23). The van der Waals surface area contributed by atoms with Gasteiger partial charge in [0.05, 0.1) is 24.1 Å². The molecule has 0 spiro atoms. The van der Waals surface area contributed by atoms with Gasteiger partial charge >= 0.3 is 6.03 Å². The van der Waals surface area contributed by atoms with Gasteiger partial charge in [0.25, 0.3) is 0 Å². The van der Waals surface area contributed by atoms with Crippen molar-refractivity contribution in [2.45, 2.75) is 32.0 Å². The van der Waals surface area contributed by atoms with E-state index in [0.29, 0.717) is 19.1 Å². The number of hydrogen-bond acceptors (Lipinski definition) is 4. The number of para-hydroxylation sites is 2. The number of carbonyl (C=O) groups is 1. The Balaban J connectivity index is 1.45. The van der Waals surface area contributed by atoms with E-state index in [9.17, 15) is 4.79 Å². The van der Waals surface area contributed by atoms with Gasteiger partial charge in [-0.1, -0.05) is 12.1 Å². The Bertz CT molecular complexity index is 853. The molecule has 4 rings (SSSR count). The van der Waals surface area contributed by atoms with Crippen LogP contribution in [0.1, 0.15) is 23.7 Å². The van der Waals surface area contributed by atoms with Gasteiger partial charge in [0, 0.05) is 24.7 Å². The van der Waals surface area contributed by atoms with Crippen molar-refractivity contribution in [2.24, 2.45) is 7.05 Å². The molecule has 24 heavy (non-hydrogen) atoms. The van der Waals surface area contributed by atoms with Gasteiger partial charge in [-0.3, -0.25) is 0 Å². The Morgan fingerprint density at radius 1 is 1.42 bits per heavy atom. The van der Waals surface area contributed by atoms with Crippen LogP contribution >= 0.6 is 11.3 Å². The van der Waals surface area contributed by atoms with Crippen molar-refractivity contribution < 1.29 is 4.79 Å². The van der Waals surface area contributed by atoms with Crippen LogP contribution in [0.3, 0.4) is 0 Å². The van der Waals surface area contributed by atoms with Gasteiger partial charge < -0.3 is 14.8 Å². The predicted molar refractivity (Wildman–Crippen MR) is 93.6 cm³/mol. The number of aromatic nitrogens is 3. The summed E-state index contributed by atoms with van der Waals surface area (Å²) in [4.78, 5) is 23.4. The summed E-state index contributed by atoms with van der Waals surface area (Å²) in [5, 5.41) is 5.93. The van der Waals surface area contributed by atoms with Gasteiger partial charge in [-0.2, -0.15) is 0 Å². The van der Waals surface area contributed by atoms with Crippen molar-refractivity contribution >= 4 is 28.4 Å². The first-order valence-electron chi connectivity index (χ1n) is 8.05. The van der Waals surface area contributed by atoms with Crippen molar-refractivity contribution in [1.82, 2.24) is 24.8 Å². The molecule has 2 amide bonds. The number of nitrogens with zero attached hydrogens (tertiary/aromatic N) is 4. The van der Waals surface area contributed by atoms with Crippen molar-refractivity contribution in [3.05, 3.63) is 46.7 Å². The molecule has 0 saturated heterocycles. The zero-order chi connectivity index (χ0) is 16.5. The smallest absolute Gasteiger partial charge is 0.318 e. The first-order chi connectivity index (χ1) is 11.7. The van der Waals surface area contributed by atoms with E-state index in [0.717, 1.165) is 34.7 Å². The molecule has 6 nitrogen and oxygen atoms in total. The molecule has 0 bridgehead atoms. The van der Waals surface area contributed by atoms with Crippen LogP contribution in [0.4, 0.5) is 4.79 Å². The molecule has 1 aliphatic carbocycles. The molecule has 1 saturated carbocycles. The molecule has 0 unspecified atom stereocenters. The molecule has 3 aromatic rings. The monoisotopic (exact) mass is 341 g/mol. The van der Waals surface area contributed by atoms with Crippen LogP contribution in [0.2, 0.25) is 0 Å². The molecule has 124 valence electrons. The second-order valence-corrected chi connectivity index (χ2v) is 7.00. The number of thiazole rings is 1. The van der Waals surface area contributed by atoms with Crippen LogP contribution in [-0.4, -0.2) is 31.5 Å². The number of rotatable bonds is 5. The second-order valence-electron chi connectivity index (χ2n) is 6.02. The zero-order valence-electron chi connectivity index (χ0n) is 13.5. The number of nitrogens with one attached hydrogen (secondary N) is 1. The summed E-state index contributed by atoms with van der Waals surface area (Å²) in [7, 11) is 1.98. The first kappa shape index (κ1) is 15.1. The van der Waals surface area contributed by atoms with Crippen LogP contribution in [0.25, 0.3) is 11.0 Å². The number of urea groups is 1. The van der Waals surface area contributed by atoms with Crippen molar-refractivity contribution in [3.63, 3.8) is 0 Å². The van der Waals surface area contributed by atoms with E-state index in [1.165, 1.54) is 0 Å². The van der Waals surface area contributed by atoms with Crippen LogP contribution < -0.4 is 5.32 Å². The molecule has 0 radical (unpaired) electrons. The Hall–Kier alpha value is -2.41. The largest absolute Gasteiger partial charge is 0.331 e. The fourth-order valence-corrected chi connectivity index (χ4v) is 3.45. The van der Waals surface area contributed by atoms with Gasteiger partial charge in [0.15, 0.2) is 0 Å². The highest BCUT2D eigenvalue weighted by Crippen LogP contribution is 2.28. The molecule has 1 aromatic carbocycles. The number of benzene rings is 1. The summed E-state index contributed by atoms with van der Waals surface area (Å²) >= 11 is 1.58. The summed E-state index contributed by atoms with van der Waals surface area (Å²) in [5.41, 5.74) is 2.02. The third-order valence-corrected chi connectivity index (χ3v) is 5.08. The molecule has 2 aromatic heterocycles. The summed E-state index contributed by atoms with van der Waals surface area (Å²) in [6.45, 7) is 1.00. The minimum Gasteiger partial charge on any atom is -0.331 e. The molecular weight excluding hydrogens is 322 g/mol. The van der Waals surface area contributed by atoms with E-state index < -0.39 is 0 Å². The minimum absolute atomic E-state index is 0.0419. The Labute approximate surface area is 144 Å². The molecule has 7 heteroatoms. The number of fused-ring (bicyclic) bond motifs is 1. The maximum atomic E-state index is 12.6. The van der Waals surface area contributed by atoms with Crippen LogP contribution in [-0.2, 0) is 20.1 Å². The number of hydrogen-bond donors (Lipinski definition) is 1. The van der Waals surface area contributed by atoms with E-state index in [2.05, 4.69) is 15.3 Å². The highest BCUT2D eigenvalue weighted by molar-refractivity contribution is 7.09. The van der Waals surface area contributed by atoms with Crippen LogP contribution in [0, 0.1) is 0 Å². The highest BCUT2D eigenvalue weighted by Gasteiger charge is 2.33. The molecule has 2 heterocycles. The SMILES string of the molecule is Cn1c(CNC(=O)N(Cc2nccs2)C2CC2)nc2ccccc21. The lowest BCUT2D eigenvalue weighted by Gasteiger charge is -2.21. The van der Waals surface area contributed by atoms with Gasteiger partial charge in [-0.15, -0.1) is 11.3 Å². The Morgan fingerprint density at radius 2 is 2.25 bits per heavy atom. The summed E-state index contributed by atoms with van der Waals surface area (Å²) in [6.07, 6.45) is 3.93. The average Bonchev–Trinajstić information content (AvgIpc) is 3.21. The minimum atomic E-state index is -0.0419. The molecular formula is C17H19N5OS. The lowest BCUT2D eigenvalue weighted by molar-refractivity contribution is 0.191. The van der Waals surface area contributed by atoms with Crippen molar-refractivity contribution in [3.8, 4) is 0 Å². The number of carbonyl (C=O) groups excluding carboxylic acids is 1. The van der Waals surface area contributed by atoms with Crippen molar-refractivity contribution in [1.29, 1.82) is 0 Å². The fourth-order valence-electron chi connectivity index (χ4n) is 2.84. The molecule has 1 N–H and O–H groups in total. The van der Waals surface area contributed by atoms with Gasteiger partial charge in [-0.05, 0) is 25.0 Å². The quantitative estimate of drug-likeness (QED) is 0.776. The van der Waals surface area contributed by atoms with E-state index in [1.54, 1.807) is 17.5 Å². The molecule has 0 aliphatic heterocycles. The zero-order valence-corrected chi connectivity index (χ0v) is 14.3. The lowest BCUT2D eigenvalue weighted by Crippen LogP contribution is -2.40. The third kappa shape index (κ3) is 2.99. The maximum Gasteiger partial charge on any atom is 0.318 e. The maximum absolute atomic E-state index is 12.6. The van der Waals surface area contributed by atoms with Gasteiger partial charge in [0.1, 0.15) is 10.8 Å². The second kappa shape index (κ2) is 6.24. The number of aryl methyl sites for hydroxylation is 1. The highest BCUT2D eigenvalue weighted by atomic mass is 32.1. The topological polar surface area (TPSA) is 63.1 Å². The Morgan fingerprint density at radius 3 is 2.96 bits per heavy atom. The first-order valence-corrected chi connectivity index (χ1v) is 8.93. The molecule has 1 fully saturated rings. The third-order valence-electron chi connectivity index (χ3n) is 4.32. The Kier molecular flexibility index (Phi) is 3.93. The summed E-state index contributed by atoms with van der Waals surface area (Å²) < 4.78 is 2.03. The molecule has 1 aliphatic rings. The predicted octanol–water partition coefficient (Wildman–Crippen LogP) is 2.90. The van der Waals surface area contributed by atoms with E-state index >= 15 is 0 Å². The lowest BCUT2D eigenvalue weighted by atomic mass is 10.3. The summed E-state index contributed by atoms with van der Waals surface area (Å²) in [6, 6.07) is 8.29.